The number of hydrogen-bond donors (Lipinski definition) is 0. The van der Waals surface area contributed by atoms with E-state index in [1.54, 1.807) is 0 Å². The van der Waals surface area contributed by atoms with E-state index in [1.165, 1.54) is 16.7 Å². The molecule has 0 aliphatic rings. The van der Waals surface area contributed by atoms with E-state index in [9.17, 15) is 8.78 Å². The van der Waals surface area contributed by atoms with Crippen molar-refractivity contribution < 1.29 is 18.4 Å². The smallest absolute Gasteiger partial charge is 0.281 e. The molecular weight excluding hydrogens is 350 g/mol. The summed E-state index contributed by atoms with van der Waals surface area (Å²) in [6.07, 6.45) is 2.05. The summed E-state index contributed by atoms with van der Waals surface area (Å²) in [5.41, 5.74) is 1.17. The summed E-state index contributed by atoms with van der Waals surface area (Å²) in [6.45, 7) is 7.83. The second-order valence-electron chi connectivity index (χ2n) is 5.90. The average Bonchev–Trinajstić information content (AvgIpc) is 2.83. The van der Waals surface area contributed by atoms with Crippen LogP contribution in [0.1, 0.15) is 44.8 Å². The first-order valence-corrected chi connectivity index (χ1v) is 8.41. The van der Waals surface area contributed by atoms with E-state index in [1.807, 2.05) is 27.7 Å². The molecule has 0 saturated heterocycles. The molecule has 1 aromatic carbocycles. The van der Waals surface area contributed by atoms with E-state index in [2.05, 4.69) is 4.98 Å². The molecule has 1 aromatic heterocycles. The topological polar surface area (TPSA) is 52.0 Å². The van der Waals surface area contributed by atoms with E-state index in [-0.39, 0.29) is 17.0 Å². The zero-order valence-electron chi connectivity index (χ0n) is 14.7. The van der Waals surface area contributed by atoms with Crippen molar-refractivity contribution in [3.8, 4) is 5.69 Å². The molecular formula is C18H21ClF2N2O2. The summed E-state index contributed by atoms with van der Waals surface area (Å²) < 4.78 is 30.4. The predicted molar refractivity (Wildman–Crippen MR) is 90.8 cm³/mol. The second kappa shape index (κ2) is 9.44. The van der Waals surface area contributed by atoms with Gasteiger partial charge in [-0.15, -0.1) is 0 Å². The molecule has 0 saturated carbocycles. The lowest BCUT2D eigenvalue weighted by Crippen LogP contribution is -2.07. The molecule has 0 spiro atoms. The van der Waals surface area contributed by atoms with Crippen LogP contribution in [0.2, 0.25) is 5.15 Å². The molecule has 2 rings (SSSR count). The lowest BCUT2D eigenvalue weighted by atomic mass is 10.0. The van der Waals surface area contributed by atoms with Gasteiger partial charge in [-0.3, -0.25) is 4.57 Å². The third-order valence-electron chi connectivity index (χ3n) is 3.55. The molecule has 0 aliphatic carbocycles. The summed E-state index contributed by atoms with van der Waals surface area (Å²) in [7, 11) is 0. The molecule has 0 aliphatic heterocycles. The van der Waals surface area contributed by atoms with Crippen LogP contribution in [-0.4, -0.2) is 15.7 Å². The van der Waals surface area contributed by atoms with Crippen molar-refractivity contribution in [1.82, 2.24) is 9.55 Å². The molecule has 1 heterocycles. The maximum Gasteiger partial charge on any atom is 0.373 e. The maximum atomic E-state index is 14.5. The highest BCUT2D eigenvalue weighted by atomic mass is 35.5. The zero-order chi connectivity index (χ0) is 19.1. The summed E-state index contributed by atoms with van der Waals surface area (Å²) in [4.78, 5) is 20.6. The number of carbonyl (C=O) groups excluding carboxylic acids is 2. The van der Waals surface area contributed by atoms with Gasteiger partial charge in [-0.1, -0.05) is 39.3 Å². The molecule has 0 fully saturated rings. The molecule has 4 nitrogen and oxygen atoms in total. The fourth-order valence-corrected chi connectivity index (χ4v) is 2.96. The van der Waals surface area contributed by atoms with Gasteiger partial charge in [-0.25, -0.2) is 13.8 Å². The lowest BCUT2D eigenvalue weighted by Gasteiger charge is -2.13. The van der Waals surface area contributed by atoms with Crippen LogP contribution < -0.4 is 0 Å². The van der Waals surface area contributed by atoms with Gasteiger partial charge in [-0.05, 0) is 36.5 Å². The number of imidazole rings is 1. The number of aryl methyl sites for hydroxylation is 2. The Kier molecular flexibility index (Phi) is 7.94. The van der Waals surface area contributed by atoms with Crippen molar-refractivity contribution in [1.29, 1.82) is 0 Å². The second-order valence-corrected chi connectivity index (χ2v) is 6.26. The first kappa shape index (κ1) is 21.0. The van der Waals surface area contributed by atoms with Gasteiger partial charge in [0, 0.05) is 6.42 Å². The van der Waals surface area contributed by atoms with Gasteiger partial charge in [0.1, 0.15) is 16.7 Å². The zero-order valence-corrected chi connectivity index (χ0v) is 15.5. The minimum absolute atomic E-state index is 0.137. The van der Waals surface area contributed by atoms with E-state index < -0.39 is 11.6 Å². The Hall–Kier alpha value is -2.04. The van der Waals surface area contributed by atoms with E-state index >= 15 is 0 Å². The number of nitrogens with zero attached hydrogens (tertiary/aromatic N) is 2. The van der Waals surface area contributed by atoms with Crippen LogP contribution in [0, 0.1) is 17.6 Å². The molecule has 0 radical (unpaired) electrons. The monoisotopic (exact) mass is 370 g/mol. The van der Waals surface area contributed by atoms with Crippen LogP contribution in [0.25, 0.3) is 5.69 Å². The van der Waals surface area contributed by atoms with Gasteiger partial charge < -0.3 is 0 Å². The third kappa shape index (κ3) is 4.97. The third-order valence-corrected chi connectivity index (χ3v) is 3.94. The summed E-state index contributed by atoms with van der Waals surface area (Å²) in [5.74, 6) is -0.310. The Bertz CT molecular complexity index is 744. The summed E-state index contributed by atoms with van der Waals surface area (Å²) >= 11 is 6.28. The number of benzene rings is 1. The van der Waals surface area contributed by atoms with Crippen LogP contribution in [0.3, 0.4) is 0 Å². The molecule has 0 amide bonds. The number of rotatable bonds is 5. The van der Waals surface area contributed by atoms with Crippen molar-refractivity contribution in [3.05, 3.63) is 46.0 Å². The highest BCUT2D eigenvalue weighted by molar-refractivity contribution is 6.30. The van der Waals surface area contributed by atoms with Crippen molar-refractivity contribution in [3.63, 3.8) is 0 Å². The molecule has 136 valence electrons. The largest absolute Gasteiger partial charge is 0.373 e. The fraction of sp³-hybridized carbons (Fsp3) is 0.444. The first-order valence-electron chi connectivity index (χ1n) is 8.04. The Morgan fingerprint density at radius 3 is 2.08 bits per heavy atom. The Labute approximate surface area is 150 Å². The standard InChI is InChI=1S/C17H21ClF2N2.CO2/c1-5-14-17(18)22(15(6-2)21-14)16-12(19)8-11(7-10(3)4)9-13(16)20;2-1-3/h8-10H,5-7H2,1-4H3;. The average molecular weight is 371 g/mol. The maximum absolute atomic E-state index is 14.5. The molecule has 0 atom stereocenters. The van der Waals surface area contributed by atoms with Gasteiger partial charge in [0.05, 0.1) is 5.69 Å². The fourth-order valence-electron chi connectivity index (χ4n) is 2.60. The molecule has 0 unspecified atom stereocenters. The number of halogens is 3. The molecule has 0 N–H and O–H groups in total. The Morgan fingerprint density at radius 2 is 1.68 bits per heavy atom. The van der Waals surface area contributed by atoms with Crippen LogP contribution in [-0.2, 0) is 28.9 Å². The van der Waals surface area contributed by atoms with Crippen LogP contribution in [0.15, 0.2) is 12.1 Å². The van der Waals surface area contributed by atoms with Crippen LogP contribution in [0.4, 0.5) is 8.78 Å². The van der Waals surface area contributed by atoms with Crippen LogP contribution >= 0.6 is 11.6 Å². The first-order chi connectivity index (χ1) is 11.8. The quantitative estimate of drug-likeness (QED) is 0.776. The predicted octanol–water partition coefficient (Wildman–Crippen LogP) is 4.54. The van der Waals surface area contributed by atoms with Gasteiger partial charge in [0.25, 0.3) is 0 Å². The van der Waals surface area contributed by atoms with Crippen molar-refractivity contribution >= 4 is 17.8 Å². The van der Waals surface area contributed by atoms with Gasteiger partial charge in [-0.2, -0.15) is 9.59 Å². The highest BCUT2D eigenvalue weighted by Gasteiger charge is 2.21. The van der Waals surface area contributed by atoms with Crippen molar-refractivity contribution in [2.75, 3.05) is 0 Å². The van der Waals surface area contributed by atoms with Crippen molar-refractivity contribution in [2.45, 2.75) is 47.0 Å². The molecule has 7 heteroatoms. The van der Waals surface area contributed by atoms with E-state index in [0.29, 0.717) is 42.3 Å². The lowest BCUT2D eigenvalue weighted by molar-refractivity contribution is -0.191. The highest BCUT2D eigenvalue weighted by Crippen LogP contribution is 2.29. The summed E-state index contributed by atoms with van der Waals surface area (Å²) in [6, 6.07) is 2.78. The molecule has 0 bridgehead atoms. The van der Waals surface area contributed by atoms with E-state index in [4.69, 9.17) is 21.2 Å². The Balaban J connectivity index is 0.000000970. The summed E-state index contributed by atoms with van der Waals surface area (Å²) in [5, 5.41) is 0.286. The number of hydrogen-bond acceptors (Lipinski definition) is 3. The normalized spacial score (nSPS) is 10.4. The van der Waals surface area contributed by atoms with E-state index in [0.717, 1.165) is 0 Å². The van der Waals surface area contributed by atoms with Gasteiger partial charge >= 0.3 is 6.15 Å². The van der Waals surface area contributed by atoms with Gasteiger partial charge in [0.15, 0.2) is 11.6 Å². The molecule has 2 aromatic rings. The Morgan fingerprint density at radius 1 is 1.16 bits per heavy atom. The number of aromatic nitrogens is 2. The van der Waals surface area contributed by atoms with Crippen molar-refractivity contribution in [2.24, 2.45) is 5.92 Å². The molecule has 25 heavy (non-hydrogen) atoms. The minimum Gasteiger partial charge on any atom is -0.281 e. The minimum atomic E-state index is -0.604. The SMILES string of the molecule is CCc1nc(CC)n(-c2c(F)cc(CC(C)C)cc2F)c1Cl.O=C=O. The van der Waals surface area contributed by atoms with Crippen LogP contribution in [0.5, 0.6) is 0 Å². The van der Waals surface area contributed by atoms with Gasteiger partial charge in [0.2, 0.25) is 0 Å².